The van der Waals surface area contributed by atoms with Gasteiger partial charge in [-0.15, -0.1) is 5.46 Å². The first-order valence-electron chi connectivity index (χ1n) is 7.37. The highest BCUT2D eigenvalue weighted by Gasteiger charge is 2.27. The Hall–Kier alpha value is -1.13. The average Bonchev–Trinajstić information content (AvgIpc) is 2.38. The molecule has 1 aromatic rings. The van der Waals surface area contributed by atoms with Crippen LogP contribution in [0.4, 0.5) is 12.9 Å². The molecule has 112 valence electrons. The predicted molar refractivity (Wildman–Crippen MR) is 76.6 cm³/mol. The summed E-state index contributed by atoms with van der Waals surface area (Å²) >= 11 is 0. The van der Waals surface area contributed by atoms with Crippen LogP contribution in [0.2, 0.25) is 0 Å². The first-order chi connectivity index (χ1) is 9.40. The van der Waals surface area contributed by atoms with E-state index in [2.05, 4.69) is 6.92 Å². The fourth-order valence-electron chi connectivity index (χ4n) is 2.94. The molecule has 0 heterocycles. The third-order valence-corrected chi connectivity index (χ3v) is 4.27. The number of halogens is 3. The summed E-state index contributed by atoms with van der Waals surface area (Å²) in [7, 11) is 0. The van der Waals surface area contributed by atoms with Gasteiger partial charge < -0.3 is 17.7 Å². The molecular formula is C15H21BF3O-. The smallest absolute Gasteiger partial charge is 0.490 e. The second-order valence-corrected chi connectivity index (χ2v) is 5.76. The van der Waals surface area contributed by atoms with Gasteiger partial charge >= 0.3 is 6.98 Å². The number of hydrogen-bond donors (Lipinski definition) is 0. The van der Waals surface area contributed by atoms with Crippen molar-refractivity contribution in [3.63, 3.8) is 0 Å². The summed E-state index contributed by atoms with van der Waals surface area (Å²) in [5, 5.41) is 0. The number of hydrogen-bond acceptors (Lipinski definition) is 1. The van der Waals surface area contributed by atoms with Crippen molar-refractivity contribution in [1.82, 2.24) is 0 Å². The third kappa shape index (κ3) is 3.71. The molecule has 20 heavy (non-hydrogen) atoms. The Bertz CT molecular complexity index is 451. The Morgan fingerprint density at radius 2 is 1.80 bits per heavy atom. The van der Waals surface area contributed by atoms with Gasteiger partial charge in [-0.05, 0) is 50.7 Å². The highest BCUT2D eigenvalue weighted by Crippen LogP contribution is 2.29. The van der Waals surface area contributed by atoms with Crippen molar-refractivity contribution in [1.29, 1.82) is 0 Å². The Morgan fingerprint density at radius 1 is 1.15 bits per heavy atom. The van der Waals surface area contributed by atoms with E-state index in [9.17, 15) is 12.9 Å². The molecule has 1 saturated carbocycles. The number of rotatable bonds is 4. The van der Waals surface area contributed by atoms with E-state index in [1.165, 1.54) is 25.5 Å². The summed E-state index contributed by atoms with van der Waals surface area (Å²) in [5.74, 6) is 1.35. The van der Waals surface area contributed by atoms with Gasteiger partial charge in [0.05, 0.1) is 6.10 Å². The molecule has 0 amide bonds. The van der Waals surface area contributed by atoms with Crippen molar-refractivity contribution in [2.75, 3.05) is 0 Å². The highest BCUT2D eigenvalue weighted by atomic mass is 19.4. The molecule has 0 saturated heterocycles. The van der Waals surface area contributed by atoms with Crippen molar-refractivity contribution in [3.8, 4) is 5.75 Å². The van der Waals surface area contributed by atoms with Crippen LogP contribution in [-0.4, -0.2) is 13.1 Å². The SMILES string of the molecule is CCC1CCC(Oc2ccc([B-](F)(F)F)c(C)c2)CC1. The minimum absolute atomic E-state index is 0.152. The minimum Gasteiger partial charge on any atom is -0.490 e. The maximum Gasteiger partial charge on any atom is 0.509 e. The van der Waals surface area contributed by atoms with Crippen LogP contribution < -0.4 is 10.2 Å². The molecular weight excluding hydrogens is 264 g/mol. The summed E-state index contributed by atoms with van der Waals surface area (Å²) in [4.78, 5) is 0. The largest absolute Gasteiger partial charge is 0.509 e. The molecule has 2 rings (SSSR count). The van der Waals surface area contributed by atoms with Crippen LogP contribution >= 0.6 is 0 Å². The van der Waals surface area contributed by atoms with Gasteiger partial charge in [0.25, 0.3) is 0 Å². The lowest BCUT2D eigenvalue weighted by atomic mass is 9.77. The number of ether oxygens (including phenoxy) is 1. The Labute approximate surface area is 118 Å². The van der Waals surface area contributed by atoms with E-state index in [-0.39, 0.29) is 11.7 Å². The molecule has 0 atom stereocenters. The third-order valence-electron chi connectivity index (χ3n) is 4.27. The van der Waals surface area contributed by atoms with Crippen LogP contribution in [-0.2, 0) is 0 Å². The van der Waals surface area contributed by atoms with Gasteiger partial charge in [0, 0.05) is 0 Å². The van der Waals surface area contributed by atoms with Crippen molar-refractivity contribution in [2.45, 2.75) is 52.1 Å². The summed E-state index contributed by atoms with van der Waals surface area (Å²) in [6.07, 6.45) is 5.67. The van der Waals surface area contributed by atoms with Crippen molar-refractivity contribution in [2.24, 2.45) is 5.92 Å². The van der Waals surface area contributed by atoms with Crippen LogP contribution in [0.1, 0.15) is 44.6 Å². The van der Waals surface area contributed by atoms with E-state index in [0.29, 0.717) is 5.75 Å². The lowest BCUT2D eigenvalue weighted by Crippen LogP contribution is -2.36. The first kappa shape index (κ1) is 15.3. The maximum atomic E-state index is 12.7. The molecule has 0 unspecified atom stereocenters. The van der Waals surface area contributed by atoms with Crippen molar-refractivity contribution < 1.29 is 17.7 Å². The van der Waals surface area contributed by atoms with Crippen molar-refractivity contribution in [3.05, 3.63) is 23.8 Å². The molecule has 0 aliphatic heterocycles. The standard InChI is InChI=1S/C15H21BF3O/c1-3-12-4-6-13(7-5-12)20-14-8-9-15(11(2)10-14)16(17,18)19/h8-10,12-13H,3-7H2,1-2H3/q-1. The zero-order chi connectivity index (χ0) is 14.8. The molecule has 1 fully saturated rings. The van der Waals surface area contributed by atoms with Gasteiger partial charge in [0.2, 0.25) is 0 Å². The van der Waals surface area contributed by atoms with Gasteiger partial charge in [-0.25, -0.2) is 0 Å². The van der Waals surface area contributed by atoms with E-state index in [4.69, 9.17) is 4.74 Å². The topological polar surface area (TPSA) is 9.23 Å². The molecule has 0 N–H and O–H groups in total. The normalized spacial score (nSPS) is 23.6. The molecule has 1 nitrogen and oxygen atoms in total. The van der Waals surface area contributed by atoms with E-state index in [1.807, 2.05) is 0 Å². The fraction of sp³-hybridized carbons (Fsp3) is 0.600. The molecule has 0 bridgehead atoms. The minimum atomic E-state index is -4.93. The van der Waals surface area contributed by atoms with Gasteiger partial charge in [0.1, 0.15) is 5.75 Å². The van der Waals surface area contributed by atoms with Crippen LogP contribution in [0.5, 0.6) is 5.75 Å². The summed E-state index contributed by atoms with van der Waals surface area (Å²) < 4.78 is 44.1. The maximum absolute atomic E-state index is 12.7. The number of benzene rings is 1. The second kappa shape index (κ2) is 6.11. The number of aryl methyl sites for hydroxylation is 1. The molecule has 0 aromatic heterocycles. The summed E-state index contributed by atoms with van der Waals surface area (Å²) in [6, 6.07) is 4.10. The second-order valence-electron chi connectivity index (χ2n) is 5.76. The quantitative estimate of drug-likeness (QED) is 0.745. The van der Waals surface area contributed by atoms with E-state index < -0.39 is 12.4 Å². The van der Waals surface area contributed by atoms with Crippen LogP contribution in [0, 0.1) is 12.8 Å². The molecule has 0 spiro atoms. The monoisotopic (exact) mass is 285 g/mol. The van der Waals surface area contributed by atoms with E-state index in [0.717, 1.165) is 37.7 Å². The average molecular weight is 285 g/mol. The summed E-state index contributed by atoms with van der Waals surface area (Å²) in [5.41, 5.74) is -0.274. The predicted octanol–water partition coefficient (Wildman–Crippen LogP) is 4.40. The summed E-state index contributed by atoms with van der Waals surface area (Å²) in [6.45, 7) is -1.24. The Kier molecular flexibility index (Phi) is 4.66. The van der Waals surface area contributed by atoms with E-state index >= 15 is 0 Å². The van der Waals surface area contributed by atoms with Gasteiger partial charge in [-0.1, -0.05) is 25.0 Å². The van der Waals surface area contributed by atoms with Gasteiger partial charge in [0.15, 0.2) is 0 Å². The van der Waals surface area contributed by atoms with Gasteiger partial charge in [-0.3, -0.25) is 0 Å². The van der Waals surface area contributed by atoms with Gasteiger partial charge in [-0.2, -0.15) is 0 Å². The molecule has 5 heteroatoms. The molecule has 1 aliphatic rings. The first-order valence-corrected chi connectivity index (χ1v) is 7.37. The lowest BCUT2D eigenvalue weighted by Gasteiger charge is -2.28. The Balaban J connectivity index is 1.99. The zero-order valence-electron chi connectivity index (χ0n) is 12.0. The van der Waals surface area contributed by atoms with Crippen molar-refractivity contribution >= 4 is 12.4 Å². The van der Waals surface area contributed by atoms with Crippen LogP contribution in [0.25, 0.3) is 0 Å². The lowest BCUT2D eigenvalue weighted by molar-refractivity contribution is 0.130. The van der Waals surface area contributed by atoms with Crippen LogP contribution in [0.3, 0.4) is 0 Å². The molecule has 0 radical (unpaired) electrons. The van der Waals surface area contributed by atoms with E-state index in [1.54, 1.807) is 0 Å². The highest BCUT2D eigenvalue weighted by molar-refractivity contribution is 6.74. The Morgan fingerprint density at radius 3 is 2.30 bits per heavy atom. The fourth-order valence-corrected chi connectivity index (χ4v) is 2.94. The molecule has 1 aliphatic carbocycles. The zero-order valence-corrected chi connectivity index (χ0v) is 12.0. The molecule has 1 aromatic carbocycles. The van der Waals surface area contributed by atoms with Crippen LogP contribution in [0.15, 0.2) is 18.2 Å².